The van der Waals surface area contributed by atoms with Crippen molar-refractivity contribution < 1.29 is 33.4 Å². The average Bonchev–Trinajstić information content (AvgIpc) is 3.83. The largest absolute Gasteiger partial charge is 0.467 e. The number of aliphatic hydroxyl groups is 1. The van der Waals surface area contributed by atoms with Crippen molar-refractivity contribution in [2.24, 2.45) is 18.4 Å². The van der Waals surface area contributed by atoms with Crippen LogP contribution in [0.4, 0.5) is 15.8 Å². The zero-order valence-corrected chi connectivity index (χ0v) is 40.5. The van der Waals surface area contributed by atoms with E-state index in [0.717, 1.165) is 50.6 Å². The van der Waals surface area contributed by atoms with Gasteiger partial charge >= 0.3 is 5.97 Å². The highest BCUT2D eigenvalue weighted by Gasteiger charge is 2.40. The summed E-state index contributed by atoms with van der Waals surface area (Å²) in [5.41, 5.74) is 4.80. The average molecular weight is 905 g/mol. The number of carbonyl (C=O) groups is 3. The number of aryl methyl sites for hydroxylation is 5. The molecule has 2 N–H and O–H groups in total. The van der Waals surface area contributed by atoms with Crippen molar-refractivity contribution in [2.45, 2.75) is 113 Å². The van der Waals surface area contributed by atoms with Gasteiger partial charge in [-0.15, -0.1) is 0 Å². The standard InChI is InChI=1S/C18H24FN3O.C16H22ClN3O.C15H21NO4/c1-11(2)10-12(3)14-8-6-7-9-15(14)20-18(23)16-13(4)21-22(5)17(16)19;1-15(2,3)16(21,10-20-12-18-11-19-20)9-8-13-4-6-14(17)7-5-13;1-10-7-6-8-11(2)14(10)16(13(17)9-19-4)12(3)15(18)20-5/h6-9,11-12H,10H2,1-5H3,(H,20,23);4-7,11-12,21H,8-10H2,1-3H3;6-8,12H,9H2,1-5H3. The number of ether oxygens (including phenoxy) is 2. The Morgan fingerprint density at radius 1 is 0.938 bits per heavy atom. The van der Waals surface area contributed by atoms with Crippen molar-refractivity contribution >= 4 is 40.8 Å². The number of methoxy groups -OCH3 is 2. The summed E-state index contributed by atoms with van der Waals surface area (Å²) in [5, 5.41) is 22.8. The van der Waals surface area contributed by atoms with Gasteiger partial charge in [-0.25, -0.2) is 14.5 Å². The van der Waals surface area contributed by atoms with Gasteiger partial charge in [-0.05, 0) is 105 Å². The number of anilines is 2. The quantitative estimate of drug-likeness (QED) is 0.0979. The lowest BCUT2D eigenvalue weighted by Crippen LogP contribution is -2.47. The highest BCUT2D eigenvalue weighted by Crippen LogP contribution is 2.36. The van der Waals surface area contributed by atoms with Crippen molar-refractivity contribution in [3.63, 3.8) is 0 Å². The summed E-state index contributed by atoms with van der Waals surface area (Å²) in [7, 11) is 4.24. The lowest BCUT2D eigenvalue weighted by Gasteiger charge is -2.40. The van der Waals surface area contributed by atoms with E-state index < -0.39 is 29.5 Å². The summed E-state index contributed by atoms with van der Waals surface area (Å²) in [6, 6.07) is 20.5. The predicted molar refractivity (Wildman–Crippen MR) is 251 cm³/mol. The van der Waals surface area contributed by atoms with Crippen LogP contribution < -0.4 is 10.2 Å². The van der Waals surface area contributed by atoms with Crippen molar-refractivity contribution in [3.05, 3.63) is 124 Å². The summed E-state index contributed by atoms with van der Waals surface area (Å²) in [5.74, 6) is -0.942. The molecule has 348 valence electrons. The first-order valence-electron chi connectivity index (χ1n) is 21.4. The van der Waals surface area contributed by atoms with E-state index in [9.17, 15) is 23.9 Å². The second-order valence-electron chi connectivity index (χ2n) is 17.6. The molecule has 15 heteroatoms. The van der Waals surface area contributed by atoms with E-state index in [-0.39, 0.29) is 23.5 Å². The van der Waals surface area contributed by atoms with E-state index in [2.05, 4.69) is 41.3 Å². The normalized spacial score (nSPS) is 13.1. The van der Waals surface area contributed by atoms with Gasteiger partial charge in [0.1, 0.15) is 30.9 Å². The Kier molecular flexibility index (Phi) is 19.9. The van der Waals surface area contributed by atoms with E-state index in [1.165, 1.54) is 38.1 Å². The third-order valence-corrected chi connectivity index (χ3v) is 11.4. The van der Waals surface area contributed by atoms with Crippen LogP contribution in [0, 0.1) is 38.1 Å². The van der Waals surface area contributed by atoms with Gasteiger partial charge < -0.3 is 19.9 Å². The van der Waals surface area contributed by atoms with Crippen LogP contribution in [0.15, 0.2) is 79.4 Å². The van der Waals surface area contributed by atoms with E-state index in [1.54, 1.807) is 24.9 Å². The van der Waals surface area contributed by atoms with Crippen molar-refractivity contribution in [2.75, 3.05) is 31.0 Å². The number of aromatic nitrogens is 5. The molecular formula is C49H67ClFN7O6. The number of halogens is 2. The van der Waals surface area contributed by atoms with Gasteiger partial charge in [0.05, 0.1) is 30.6 Å². The van der Waals surface area contributed by atoms with E-state index in [4.69, 9.17) is 21.1 Å². The molecule has 0 saturated heterocycles. The van der Waals surface area contributed by atoms with Crippen LogP contribution in [-0.4, -0.2) is 79.9 Å². The second-order valence-corrected chi connectivity index (χ2v) is 18.0. The Hall–Kier alpha value is -5.44. The fourth-order valence-electron chi connectivity index (χ4n) is 7.41. The lowest BCUT2D eigenvalue weighted by atomic mass is 9.73. The van der Waals surface area contributed by atoms with Crippen molar-refractivity contribution in [1.82, 2.24) is 24.5 Å². The molecule has 13 nitrogen and oxygen atoms in total. The number of carbonyl (C=O) groups excluding carboxylic acids is 3. The molecule has 5 rings (SSSR count). The molecule has 0 aliphatic heterocycles. The van der Waals surface area contributed by atoms with Crippen LogP contribution in [0.5, 0.6) is 0 Å². The molecule has 2 heterocycles. The Bertz CT molecular complexity index is 2250. The molecule has 3 aromatic carbocycles. The first kappa shape index (κ1) is 52.9. The van der Waals surface area contributed by atoms with Gasteiger partial charge in [0.2, 0.25) is 5.95 Å². The fourth-order valence-corrected chi connectivity index (χ4v) is 7.54. The molecule has 0 radical (unpaired) electrons. The third-order valence-electron chi connectivity index (χ3n) is 11.1. The number of esters is 1. The van der Waals surface area contributed by atoms with Gasteiger partial charge in [0.15, 0.2) is 0 Å². The SMILES string of the molecule is CC(C)(C)C(O)(CCc1ccc(Cl)cc1)Cn1cncn1.COCC(=O)N(c1c(C)cccc1C)C(C)C(=O)OC.Cc1nn(C)c(F)c1C(=O)Nc1ccccc1C(C)CC(C)C. The van der Waals surface area contributed by atoms with Crippen LogP contribution in [-0.2, 0) is 39.1 Å². The predicted octanol–water partition coefficient (Wildman–Crippen LogP) is 9.46. The first-order valence-corrected chi connectivity index (χ1v) is 21.8. The second kappa shape index (κ2) is 24.0. The Labute approximate surface area is 383 Å². The lowest BCUT2D eigenvalue weighted by molar-refractivity contribution is -0.143. The van der Waals surface area contributed by atoms with Crippen LogP contribution >= 0.6 is 11.6 Å². The zero-order chi connectivity index (χ0) is 47.9. The number of para-hydroxylation sites is 2. The summed E-state index contributed by atoms with van der Waals surface area (Å²) >= 11 is 5.90. The number of hydrogen-bond acceptors (Lipinski definition) is 9. The molecule has 3 atom stereocenters. The summed E-state index contributed by atoms with van der Waals surface area (Å²) in [6.07, 6.45) is 5.59. The van der Waals surface area contributed by atoms with Gasteiger partial charge in [-0.2, -0.15) is 14.6 Å². The van der Waals surface area contributed by atoms with E-state index in [0.29, 0.717) is 30.5 Å². The van der Waals surface area contributed by atoms with Gasteiger partial charge in [-0.3, -0.25) is 19.2 Å². The molecule has 64 heavy (non-hydrogen) atoms. The Morgan fingerprint density at radius 3 is 2.08 bits per heavy atom. The maximum Gasteiger partial charge on any atom is 0.328 e. The van der Waals surface area contributed by atoms with E-state index in [1.807, 2.05) is 101 Å². The third kappa shape index (κ3) is 14.5. The molecular weight excluding hydrogens is 837 g/mol. The van der Waals surface area contributed by atoms with Crippen LogP contribution in [0.3, 0.4) is 0 Å². The molecule has 5 aromatic rings. The van der Waals surface area contributed by atoms with Gasteiger partial charge in [0.25, 0.3) is 11.8 Å². The number of nitrogens with one attached hydrogen (secondary N) is 1. The molecule has 0 aliphatic carbocycles. The smallest absolute Gasteiger partial charge is 0.328 e. The minimum absolute atomic E-state index is 0.00110. The number of hydrogen-bond donors (Lipinski definition) is 2. The fraction of sp³-hybridized carbons (Fsp3) is 0.469. The number of benzene rings is 3. The van der Waals surface area contributed by atoms with Crippen LogP contribution in [0.25, 0.3) is 0 Å². The number of amides is 2. The minimum Gasteiger partial charge on any atom is -0.467 e. The molecule has 2 amide bonds. The molecule has 2 aromatic heterocycles. The van der Waals surface area contributed by atoms with Crippen molar-refractivity contribution in [3.8, 4) is 0 Å². The zero-order valence-electron chi connectivity index (χ0n) is 39.7. The van der Waals surface area contributed by atoms with Gasteiger partial charge in [-0.1, -0.05) is 102 Å². The Morgan fingerprint density at radius 2 is 1.56 bits per heavy atom. The van der Waals surface area contributed by atoms with Crippen LogP contribution in [0.1, 0.15) is 106 Å². The maximum atomic E-state index is 14.0. The van der Waals surface area contributed by atoms with Crippen LogP contribution in [0.2, 0.25) is 5.02 Å². The number of rotatable bonds is 15. The van der Waals surface area contributed by atoms with Gasteiger partial charge in [0, 0.05) is 24.9 Å². The summed E-state index contributed by atoms with van der Waals surface area (Å²) < 4.78 is 26.5. The molecule has 0 saturated carbocycles. The highest BCUT2D eigenvalue weighted by atomic mass is 35.5. The summed E-state index contributed by atoms with van der Waals surface area (Å²) in [4.78, 5) is 42.0. The molecule has 3 unspecified atom stereocenters. The van der Waals surface area contributed by atoms with E-state index >= 15 is 0 Å². The highest BCUT2D eigenvalue weighted by molar-refractivity contribution is 6.30. The van der Waals surface area contributed by atoms with Crippen molar-refractivity contribution in [1.29, 1.82) is 0 Å². The topological polar surface area (TPSA) is 154 Å². The Balaban J connectivity index is 0.000000256. The monoisotopic (exact) mass is 903 g/mol. The first-order chi connectivity index (χ1) is 30.0. The minimum atomic E-state index is -0.861. The maximum absolute atomic E-state index is 14.0. The summed E-state index contributed by atoms with van der Waals surface area (Å²) in [6.45, 7) is 20.1. The molecule has 0 fully saturated rings. The number of nitrogens with zero attached hydrogens (tertiary/aromatic N) is 6. The molecule has 0 aliphatic rings. The molecule has 0 spiro atoms. The molecule has 0 bridgehead atoms.